The number of aliphatic hydroxyl groups is 2. The van der Waals surface area contributed by atoms with E-state index in [1.54, 1.807) is 13.8 Å². The minimum atomic E-state index is -0.921. The number of fused-ring (bicyclic) bond motifs is 8. The van der Waals surface area contributed by atoms with Crippen molar-refractivity contribution in [1.82, 2.24) is 19.9 Å². The third-order valence-corrected chi connectivity index (χ3v) is 8.65. The topological polar surface area (TPSA) is 172 Å². The molecule has 3 radical (unpaired) electrons. The molecule has 3 aromatic heterocycles. The Labute approximate surface area is 271 Å². The molecule has 0 saturated carbocycles. The third kappa shape index (κ3) is 6.53. The van der Waals surface area contributed by atoms with E-state index in [4.69, 9.17) is 9.97 Å². The summed E-state index contributed by atoms with van der Waals surface area (Å²) in [5.41, 5.74) is 11.7. The van der Waals surface area contributed by atoms with Crippen LogP contribution in [0.2, 0.25) is 0 Å². The van der Waals surface area contributed by atoms with Crippen LogP contribution >= 0.6 is 0 Å². The van der Waals surface area contributed by atoms with Crippen molar-refractivity contribution in [3.8, 4) is 0 Å². The predicted molar refractivity (Wildman–Crippen MR) is 176 cm³/mol. The number of carboxylic acids is 2. The van der Waals surface area contributed by atoms with Crippen LogP contribution in [0.15, 0.2) is 24.3 Å². The van der Waals surface area contributed by atoms with Gasteiger partial charge in [0.05, 0.1) is 35.0 Å². The first-order valence-corrected chi connectivity index (χ1v) is 14.7. The first-order valence-electron chi connectivity index (χ1n) is 14.7. The molecule has 8 bridgehead atoms. The normalized spacial score (nSPS) is 14.4. The van der Waals surface area contributed by atoms with Gasteiger partial charge in [-0.2, -0.15) is 0 Å². The molecule has 11 heteroatoms. The second-order valence-electron chi connectivity index (χ2n) is 11.7. The maximum Gasteiger partial charge on any atom is 0.303 e. The fourth-order valence-corrected chi connectivity index (χ4v) is 6.32. The highest BCUT2D eigenvalue weighted by molar-refractivity contribution is 5.96. The molecule has 233 valence electrons. The lowest BCUT2D eigenvalue weighted by molar-refractivity contribution is -0.137. The molecule has 45 heavy (non-hydrogen) atoms. The molecule has 2 aliphatic heterocycles. The SMILES string of the molecule is CC1=C(CCC(=O)O)c2cc3nc(cc4[nH]c(cc5[nH]c(cc1n2)c(C)c5C(C)O)c(C)c4C(C)O)C(C)=C3CCC(=O)O.[Al]. The molecular weight excluding hydrogens is 587 g/mol. The smallest absolute Gasteiger partial charge is 0.303 e. The molecule has 2 aliphatic rings. The van der Waals surface area contributed by atoms with Crippen LogP contribution in [-0.2, 0) is 9.59 Å². The van der Waals surface area contributed by atoms with Gasteiger partial charge in [-0.25, -0.2) is 9.97 Å². The number of allylic oxidation sites excluding steroid dienone is 4. The molecule has 5 rings (SSSR count). The summed E-state index contributed by atoms with van der Waals surface area (Å²) in [6, 6.07) is 7.51. The zero-order chi connectivity index (χ0) is 32.0. The van der Waals surface area contributed by atoms with Crippen molar-refractivity contribution in [2.24, 2.45) is 0 Å². The minimum Gasteiger partial charge on any atom is -0.481 e. The van der Waals surface area contributed by atoms with E-state index >= 15 is 0 Å². The first kappa shape index (κ1) is 33.9. The molecule has 5 heterocycles. The Hall–Kier alpha value is -4.01. The van der Waals surface area contributed by atoms with Crippen LogP contribution < -0.4 is 0 Å². The Bertz CT molecular complexity index is 1930. The predicted octanol–water partition coefficient (Wildman–Crippen LogP) is 6.25. The van der Waals surface area contributed by atoms with E-state index in [-0.39, 0.29) is 43.0 Å². The number of aromatic nitrogens is 4. The molecule has 6 N–H and O–H groups in total. The monoisotopic (exact) mass is 625 g/mol. The summed E-state index contributed by atoms with van der Waals surface area (Å²) in [7, 11) is 0. The molecule has 2 unspecified atom stereocenters. The highest BCUT2D eigenvalue weighted by Crippen LogP contribution is 2.38. The Morgan fingerprint density at radius 2 is 1.02 bits per heavy atom. The number of nitrogens with one attached hydrogen (secondary N) is 2. The molecule has 0 aliphatic carbocycles. The molecule has 0 spiro atoms. The lowest BCUT2D eigenvalue weighted by Crippen LogP contribution is -1.97. The summed E-state index contributed by atoms with van der Waals surface area (Å²) in [6.07, 6.45) is -1.18. The summed E-state index contributed by atoms with van der Waals surface area (Å²) in [5, 5.41) is 40.5. The number of aromatic amines is 2. The van der Waals surface area contributed by atoms with Gasteiger partial charge in [-0.1, -0.05) is 0 Å². The van der Waals surface area contributed by atoms with Gasteiger partial charge in [0.15, 0.2) is 0 Å². The number of hydrogen-bond acceptors (Lipinski definition) is 6. The number of rotatable bonds is 8. The van der Waals surface area contributed by atoms with Gasteiger partial charge in [0.1, 0.15) is 0 Å². The zero-order valence-corrected chi connectivity index (χ0v) is 27.5. The molecule has 0 fully saturated rings. The summed E-state index contributed by atoms with van der Waals surface area (Å²) in [5.74, 6) is -1.84. The van der Waals surface area contributed by atoms with E-state index < -0.39 is 24.1 Å². The fraction of sp³-hybridized carbons (Fsp3) is 0.353. The zero-order valence-electron chi connectivity index (χ0n) is 26.4. The first-order chi connectivity index (χ1) is 20.8. The number of carboxylic acid groups (broad SMARTS) is 2. The van der Waals surface area contributed by atoms with Crippen LogP contribution in [0.1, 0.15) is 111 Å². The average Bonchev–Trinajstić information content (AvgIpc) is 3.59. The van der Waals surface area contributed by atoms with Crippen LogP contribution in [0, 0.1) is 13.8 Å². The van der Waals surface area contributed by atoms with E-state index in [0.717, 1.165) is 50.0 Å². The van der Waals surface area contributed by atoms with Crippen LogP contribution in [0.25, 0.3) is 44.4 Å². The number of aliphatic hydroxyl groups excluding tert-OH is 2. The Morgan fingerprint density at radius 1 is 0.644 bits per heavy atom. The third-order valence-electron chi connectivity index (χ3n) is 8.65. The van der Waals surface area contributed by atoms with E-state index in [0.29, 0.717) is 39.4 Å². The lowest BCUT2D eigenvalue weighted by atomic mass is 9.98. The molecule has 0 amide bonds. The van der Waals surface area contributed by atoms with E-state index in [1.165, 1.54) is 0 Å². The van der Waals surface area contributed by atoms with Crippen molar-refractivity contribution in [3.63, 3.8) is 0 Å². The van der Waals surface area contributed by atoms with Gasteiger partial charge < -0.3 is 30.4 Å². The highest BCUT2D eigenvalue weighted by atomic mass is 27.0. The number of aliphatic carboxylic acids is 2. The van der Waals surface area contributed by atoms with Crippen molar-refractivity contribution in [1.29, 1.82) is 0 Å². The second kappa shape index (κ2) is 13.2. The lowest BCUT2D eigenvalue weighted by Gasteiger charge is -2.05. The quantitative estimate of drug-likeness (QED) is 0.159. The van der Waals surface area contributed by atoms with Gasteiger partial charge in [0, 0.05) is 63.4 Å². The largest absolute Gasteiger partial charge is 0.481 e. The van der Waals surface area contributed by atoms with E-state index in [2.05, 4.69) is 9.97 Å². The Balaban J connectivity index is 0.00000461. The second-order valence-corrected chi connectivity index (χ2v) is 11.7. The van der Waals surface area contributed by atoms with Gasteiger partial charge in [-0.05, 0) is 112 Å². The van der Waals surface area contributed by atoms with Crippen molar-refractivity contribution >= 4 is 73.7 Å². The summed E-state index contributed by atoms with van der Waals surface area (Å²) in [6.45, 7) is 11.1. The molecule has 10 nitrogen and oxygen atoms in total. The molecular formula is C34H38AlN4O6. The Kier molecular flexibility index (Phi) is 9.90. The van der Waals surface area contributed by atoms with Gasteiger partial charge in [0.25, 0.3) is 0 Å². The number of carbonyl (C=O) groups is 2. The number of H-pyrrole nitrogens is 2. The fourth-order valence-electron chi connectivity index (χ4n) is 6.32. The van der Waals surface area contributed by atoms with Crippen LogP contribution in [0.5, 0.6) is 0 Å². The van der Waals surface area contributed by atoms with Crippen molar-refractivity contribution in [2.75, 3.05) is 0 Å². The molecule has 0 saturated heterocycles. The van der Waals surface area contributed by atoms with Gasteiger partial charge in [0.2, 0.25) is 0 Å². The Morgan fingerprint density at radius 3 is 1.42 bits per heavy atom. The van der Waals surface area contributed by atoms with Gasteiger partial charge >= 0.3 is 11.9 Å². The number of aryl methyl sites for hydroxylation is 2. The van der Waals surface area contributed by atoms with E-state index in [9.17, 15) is 30.0 Å². The molecule has 0 aromatic carbocycles. The van der Waals surface area contributed by atoms with Gasteiger partial charge in [-0.15, -0.1) is 0 Å². The number of nitrogens with zero attached hydrogens (tertiary/aromatic N) is 2. The summed E-state index contributed by atoms with van der Waals surface area (Å²) in [4.78, 5) is 39.8. The van der Waals surface area contributed by atoms with Crippen LogP contribution in [0.3, 0.4) is 0 Å². The maximum absolute atomic E-state index is 11.6. The standard InChI is InChI=1S/C34H38N4O6.Al/c1-15-21(7-9-31(41)42)27-14-28-22(8-10-32(43)44)16(2)24(36-28)12-29-34(20(6)40)18(4)26(38-29)13-30-33(19(5)39)17(3)25(37-30)11-23(15)35-27;/h11-14,19-20,37-40H,7-10H2,1-6H3,(H,41,42)(H,43,44);. The molecule has 2 atom stereocenters. The van der Waals surface area contributed by atoms with Crippen molar-refractivity contribution in [3.05, 3.63) is 69.3 Å². The number of hydrogen-bond donors (Lipinski definition) is 6. The van der Waals surface area contributed by atoms with Crippen molar-refractivity contribution in [2.45, 2.75) is 79.4 Å². The minimum absolute atomic E-state index is 0. The van der Waals surface area contributed by atoms with Crippen LogP contribution in [-0.4, -0.2) is 69.7 Å². The maximum atomic E-state index is 11.6. The van der Waals surface area contributed by atoms with E-state index in [1.807, 2.05) is 52.0 Å². The molecule has 3 aromatic rings. The highest BCUT2D eigenvalue weighted by Gasteiger charge is 2.23. The van der Waals surface area contributed by atoms with Crippen molar-refractivity contribution < 1.29 is 30.0 Å². The summed E-state index contributed by atoms with van der Waals surface area (Å²) >= 11 is 0. The van der Waals surface area contributed by atoms with Gasteiger partial charge in [-0.3, -0.25) is 9.59 Å². The average molecular weight is 626 g/mol. The summed E-state index contributed by atoms with van der Waals surface area (Å²) < 4.78 is 0. The van der Waals surface area contributed by atoms with Crippen LogP contribution in [0.4, 0.5) is 0 Å².